The fraction of sp³-hybridized carbons (Fsp3) is 0.935. The summed E-state index contributed by atoms with van der Waals surface area (Å²) in [6, 6.07) is 0. The number of carbonyl (C=O) groups is 2. The number of hydrogen-bond donors (Lipinski definition) is 1. The van der Waals surface area contributed by atoms with E-state index < -0.39 is 0 Å². The Morgan fingerprint density at radius 2 is 1.25 bits per heavy atom. The van der Waals surface area contributed by atoms with Crippen LogP contribution < -0.4 is 0 Å². The third-order valence-electron chi connectivity index (χ3n) is 7.30. The maximum absolute atomic E-state index is 12.5. The van der Waals surface area contributed by atoms with Gasteiger partial charge in [-0.2, -0.15) is 0 Å². The Kier molecular flexibility index (Phi) is 25.0. The topological polar surface area (TPSA) is 66.8 Å². The highest BCUT2D eigenvalue weighted by molar-refractivity contribution is 5.80. The van der Waals surface area contributed by atoms with E-state index in [-0.39, 0.29) is 24.3 Å². The van der Waals surface area contributed by atoms with Crippen LogP contribution in [0.25, 0.3) is 0 Å². The molecule has 0 aliphatic rings. The fourth-order valence-corrected chi connectivity index (χ4v) is 4.68. The molecule has 0 aromatic rings. The van der Waals surface area contributed by atoms with Gasteiger partial charge in [0.05, 0.1) is 13.0 Å². The van der Waals surface area contributed by atoms with Crippen LogP contribution in [-0.2, 0) is 14.3 Å². The minimum atomic E-state index is -0.116. The monoisotopic (exact) mass is 511 g/mol. The summed E-state index contributed by atoms with van der Waals surface area (Å²) in [5.74, 6) is 0.881. The minimum Gasteiger partial charge on any atom is -0.466 e. The quantitative estimate of drug-likeness (QED) is 0.0903. The molecule has 0 saturated heterocycles. The van der Waals surface area contributed by atoms with Crippen molar-refractivity contribution in [1.29, 1.82) is 0 Å². The molecule has 0 aromatic heterocycles. The lowest BCUT2D eigenvalue weighted by atomic mass is 9.92. The van der Waals surface area contributed by atoms with E-state index in [1.54, 1.807) is 0 Å². The predicted octanol–water partition coefficient (Wildman–Crippen LogP) is 7.73. The third-order valence-corrected chi connectivity index (χ3v) is 7.30. The van der Waals surface area contributed by atoms with Gasteiger partial charge in [-0.15, -0.1) is 0 Å². The second-order valence-corrected chi connectivity index (χ2v) is 11.0. The summed E-state index contributed by atoms with van der Waals surface area (Å²) in [6.07, 6.45) is 20.4. The second-order valence-electron chi connectivity index (χ2n) is 11.0. The number of ketones is 1. The highest BCUT2D eigenvalue weighted by Crippen LogP contribution is 2.22. The largest absolute Gasteiger partial charge is 0.466 e. The van der Waals surface area contributed by atoms with Crippen LogP contribution in [0.1, 0.15) is 143 Å². The number of ether oxygens (including phenoxy) is 1. The number of nitrogens with zero attached hydrogens (tertiary/aromatic N) is 1. The lowest BCUT2D eigenvalue weighted by Gasteiger charge is -2.22. The minimum absolute atomic E-state index is 0.0532. The Hall–Kier alpha value is -0.940. The summed E-state index contributed by atoms with van der Waals surface area (Å²) in [7, 11) is 0. The van der Waals surface area contributed by atoms with Crippen LogP contribution in [0.4, 0.5) is 0 Å². The van der Waals surface area contributed by atoms with Gasteiger partial charge in [-0.25, -0.2) is 0 Å². The van der Waals surface area contributed by atoms with Crippen molar-refractivity contribution in [2.24, 2.45) is 11.8 Å². The molecule has 0 radical (unpaired) electrons. The molecule has 1 unspecified atom stereocenters. The van der Waals surface area contributed by atoms with E-state index >= 15 is 0 Å². The molecule has 0 bridgehead atoms. The molecule has 0 saturated carbocycles. The van der Waals surface area contributed by atoms with Crippen LogP contribution in [0, 0.1) is 11.8 Å². The zero-order chi connectivity index (χ0) is 26.9. The Balaban J connectivity index is 4.40. The van der Waals surface area contributed by atoms with Crippen LogP contribution >= 0.6 is 0 Å². The average Bonchev–Trinajstić information content (AvgIpc) is 2.86. The molecule has 1 atom stereocenters. The number of carbonyl (C=O) groups excluding carboxylic acids is 2. The Morgan fingerprint density at radius 3 is 1.86 bits per heavy atom. The number of Topliss-reactive ketones (excluding diaryl/α,β-unsaturated/α-hetero) is 1. The zero-order valence-corrected chi connectivity index (χ0v) is 24.5. The molecule has 0 aliphatic heterocycles. The van der Waals surface area contributed by atoms with Gasteiger partial charge in [0.15, 0.2) is 0 Å². The van der Waals surface area contributed by atoms with E-state index in [1.165, 1.54) is 77.0 Å². The molecule has 0 fully saturated rings. The number of rotatable bonds is 27. The molecule has 1 N–H and O–H groups in total. The summed E-state index contributed by atoms with van der Waals surface area (Å²) in [5, 5.41) is 9.01. The molecule has 0 amide bonds. The van der Waals surface area contributed by atoms with Crippen LogP contribution in [0.2, 0.25) is 0 Å². The van der Waals surface area contributed by atoms with Gasteiger partial charge in [0, 0.05) is 32.0 Å². The predicted molar refractivity (Wildman–Crippen MR) is 152 cm³/mol. The summed E-state index contributed by atoms with van der Waals surface area (Å²) in [5.41, 5.74) is 0. The molecule has 5 nitrogen and oxygen atoms in total. The van der Waals surface area contributed by atoms with Crippen molar-refractivity contribution in [3.63, 3.8) is 0 Å². The summed E-state index contributed by atoms with van der Waals surface area (Å²) in [6.45, 7) is 11.3. The van der Waals surface area contributed by atoms with Crippen LogP contribution in [0.3, 0.4) is 0 Å². The maximum Gasteiger partial charge on any atom is 0.307 e. The fourth-order valence-electron chi connectivity index (χ4n) is 4.68. The van der Waals surface area contributed by atoms with Gasteiger partial charge in [0.1, 0.15) is 5.78 Å². The van der Waals surface area contributed by atoms with Crippen molar-refractivity contribution in [1.82, 2.24) is 4.90 Å². The van der Waals surface area contributed by atoms with Gasteiger partial charge in [0.2, 0.25) is 0 Å². The van der Waals surface area contributed by atoms with Crippen LogP contribution in [0.5, 0.6) is 0 Å². The van der Waals surface area contributed by atoms with Gasteiger partial charge in [-0.05, 0) is 38.1 Å². The summed E-state index contributed by atoms with van der Waals surface area (Å²) in [4.78, 5) is 26.7. The first-order valence-electron chi connectivity index (χ1n) is 15.5. The smallest absolute Gasteiger partial charge is 0.307 e. The number of aliphatic hydroxyl groups excluding tert-OH is 1. The van der Waals surface area contributed by atoms with Gasteiger partial charge in [0.25, 0.3) is 0 Å². The Bertz CT molecular complexity index is 509. The molecular formula is C31H61NO4. The van der Waals surface area contributed by atoms with Gasteiger partial charge >= 0.3 is 5.97 Å². The normalized spacial score (nSPS) is 12.4. The van der Waals surface area contributed by atoms with Crippen LogP contribution in [-0.4, -0.2) is 54.6 Å². The third kappa shape index (κ3) is 22.3. The van der Waals surface area contributed by atoms with Crippen molar-refractivity contribution in [3.05, 3.63) is 0 Å². The molecular weight excluding hydrogens is 450 g/mol. The van der Waals surface area contributed by atoms with Gasteiger partial charge in [-0.3, -0.25) is 9.59 Å². The average molecular weight is 512 g/mol. The van der Waals surface area contributed by atoms with Crippen molar-refractivity contribution in [3.8, 4) is 0 Å². The van der Waals surface area contributed by atoms with Crippen molar-refractivity contribution >= 4 is 11.8 Å². The first-order chi connectivity index (χ1) is 17.4. The maximum atomic E-state index is 12.5. The van der Waals surface area contributed by atoms with E-state index in [0.29, 0.717) is 38.5 Å². The van der Waals surface area contributed by atoms with E-state index in [9.17, 15) is 9.59 Å². The first-order valence-corrected chi connectivity index (χ1v) is 15.5. The number of esters is 1. The number of unbranched alkanes of at least 4 members (excludes halogenated alkanes) is 10. The molecule has 5 heteroatoms. The molecule has 0 aliphatic carbocycles. The van der Waals surface area contributed by atoms with E-state index in [4.69, 9.17) is 9.84 Å². The molecule has 0 rings (SSSR count). The van der Waals surface area contributed by atoms with Crippen molar-refractivity contribution < 1.29 is 19.4 Å². The van der Waals surface area contributed by atoms with Crippen molar-refractivity contribution in [2.75, 3.05) is 32.8 Å². The van der Waals surface area contributed by atoms with Gasteiger partial charge < -0.3 is 14.7 Å². The van der Waals surface area contributed by atoms with E-state index in [1.807, 2.05) is 13.8 Å². The van der Waals surface area contributed by atoms with Gasteiger partial charge in [-0.1, -0.05) is 105 Å². The lowest BCUT2D eigenvalue weighted by Crippen LogP contribution is -2.31. The Morgan fingerprint density at radius 1 is 0.694 bits per heavy atom. The SMILES string of the molecule is CCCCCCCCC(CCCCCC)CCOC(=O)CCN(CCCCCO)CCC(=O)C(C)C. The highest BCUT2D eigenvalue weighted by atomic mass is 16.5. The standard InChI is InChI=1S/C31H61NO4/c1-5-7-9-11-12-15-19-29(18-14-10-8-6-2)22-27-36-31(35)21-25-32(23-16-13-17-26-33)24-20-30(34)28(3)4/h28-29,33H,5-27H2,1-4H3. The summed E-state index contributed by atoms with van der Waals surface area (Å²) >= 11 is 0. The zero-order valence-electron chi connectivity index (χ0n) is 24.5. The van der Waals surface area contributed by atoms with E-state index in [0.717, 1.165) is 32.2 Å². The lowest BCUT2D eigenvalue weighted by molar-refractivity contribution is -0.144. The van der Waals surface area contributed by atoms with E-state index in [2.05, 4.69) is 18.7 Å². The van der Waals surface area contributed by atoms with Crippen molar-refractivity contribution in [2.45, 2.75) is 143 Å². The molecule has 0 heterocycles. The number of hydrogen-bond acceptors (Lipinski definition) is 5. The molecule has 36 heavy (non-hydrogen) atoms. The second kappa shape index (κ2) is 25.7. The molecule has 214 valence electrons. The molecule has 0 spiro atoms. The summed E-state index contributed by atoms with van der Waals surface area (Å²) < 4.78 is 5.65. The first kappa shape index (κ1) is 35.1. The Labute approximate surface area is 224 Å². The number of aliphatic hydroxyl groups is 1. The van der Waals surface area contributed by atoms with Crippen LogP contribution in [0.15, 0.2) is 0 Å². The molecule has 0 aromatic carbocycles. The highest BCUT2D eigenvalue weighted by Gasteiger charge is 2.14.